The standard InChI is InChI=1S/C21H23ClN4OS/c1-4-15-5-7-16(8-6-15)17-13(2)28-20-18(17)19(23-21(22)24-20)26-11-9-25(10-12-26)14(3)27/h5-8H,4,9-12H2,1-3H3. The number of thiophene rings is 1. The number of nitrogens with zero attached hydrogens (tertiary/aromatic N) is 4. The third-order valence-corrected chi connectivity index (χ3v) is 6.52. The minimum atomic E-state index is 0.119. The van der Waals surface area contributed by atoms with E-state index in [0.717, 1.165) is 35.5 Å². The van der Waals surface area contributed by atoms with E-state index < -0.39 is 0 Å². The van der Waals surface area contributed by atoms with Crippen molar-refractivity contribution in [1.29, 1.82) is 0 Å². The fourth-order valence-electron chi connectivity index (χ4n) is 3.78. The molecule has 0 N–H and O–H groups in total. The molecule has 0 spiro atoms. The number of aromatic nitrogens is 2. The molecule has 28 heavy (non-hydrogen) atoms. The summed E-state index contributed by atoms with van der Waals surface area (Å²) in [6, 6.07) is 8.72. The lowest BCUT2D eigenvalue weighted by Crippen LogP contribution is -2.48. The van der Waals surface area contributed by atoms with Gasteiger partial charge in [0.15, 0.2) is 0 Å². The third kappa shape index (κ3) is 3.47. The fraction of sp³-hybridized carbons (Fsp3) is 0.381. The number of anilines is 1. The number of piperazine rings is 1. The lowest BCUT2D eigenvalue weighted by molar-refractivity contribution is -0.129. The van der Waals surface area contributed by atoms with Crippen LogP contribution < -0.4 is 4.90 Å². The van der Waals surface area contributed by atoms with Gasteiger partial charge in [-0.1, -0.05) is 31.2 Å². The molecule has 4 rings (SSSR count). The second-order valence-corrected chi connectivity index (χ2v) is 8.61. The summed E-state index contributed by atoms with van der Waals surface area (Å²) in [4.78, 5) is 27.0. The van der Waals surface area contributed by atoms with Gasteiger partial charge in [-0.15, -0.1) is 11.3 Å². The van der Waals surface area contributed by atoms with Crippen molar-refractivity contribution in [2.24, 2.45) is 0 Å². The highest BCUT2D eigenvalue weighted by Crippen LogP contribution is 2.42. The molecule has 1 aliphatic heterocycles. The smallest absolute Gasteiger partial charge is 0.225 e. The van der Waals surface area contributed by atoms with Crippen LogP contribution in [0.4, 0.5) is 5.82 Å². The summed E-state index contributed by atoms with van der Waals surface area (Å²) in [5, 5.41) is 1.33. The molecule has 3 heterocycles. The van der Waals surface area contributed by atoms with Gasteiger partial charge in [0.25, 0.3) is 0 Å². The first-order valence-corrected chi connectivity index (χ1v) is 10.7. The zero-order valence-corrected chi connectivity index (χ0v) is 17.9. The number of aryl methyl sites for hydroxylation is 2. The monoisotopic (exact) mass is 414 g/mol. The molecule has 0 bridgehead atoms. The van der Waals surface area contributed by atoms with Crippen LogP contribution in [-0.2, 0) is 11.2 Å². The quantitative estimate of drug-likeness (QED) is 0.590. The van der Waals surface area contributed by atoms with Crippen molar-refractivity contribution in [3.8, 4) is 11.1 Å². The molecule has 146 valence electrons. The van der Waals surface area contributed by atoms with E-state index in [-0.39, 0.29) is 11.2 Å². The van der Waals surface area contributed by atoms with Crippen molar-refractivity contribution >= 4 is 44.9 Å². The first-order valence-electron chi connectivity index (χ1n) is 9.54. The Morgan fingerprint density at radius 1 is 1.14 bits per heavy atom. The van der Waals surface area contributed by atoms with E-state index in [9.17, 15) is 4.79 Å². The highest BCUT2D eigenvalue weighted by Gasteiger charge is 2.25. The molecular formula is C21H23ClN4OS. The van der Waals surface area contributed by atoms with Gasteiger partial charge in [-0.05, 0) is 36.1 Å². The summed E-state index contributed by atoms with van der Waals surface area (Å²) in [5.74, 6) is 0.991. The lowest BCUT2D eigenvalue weighted by atomic mass is 10.0. The van der Waals surface area contributed by atoms with E-state index in [0.29, 0.717) is 13.1 Å². The Balaban J connectivity index is 1.81. The van der Waals surface area contributed by atoms with Crippen molar-refractivity contribution in [2.45, 2.75) is 27.2 Å². The molecule has 0 atom stereocenters. The van der Waals surface area contributed by atoms with Crippen LogP contribution in [0.15, 0.2) is 24.3 Å². The molecular weight excluding hydrogens is 392 g/mol. The van der Waals surface area contributed by atoms with Crippen LogP contribution in [0.25, 0.3) is 21.3 Å². The van der Waals surface area contributed by atoms with E-state index >= 15 is 0 Å². The Morgan fingerprint density at radius 3 is 2.43 bits per heavy atom. The summed E-state index contributed by atoms with van der Waals surface area (Å²) in [6.45, 7) is 8.78. The Morgan fingerprint density at radius 2 is 1.82 bits per heavy atom. The summed E-state index contributed by atoms with van der Waals surface area (Å²) in [5.41, 5.74) is 3.68. The van der Waals surface area contributed by atoms with Gasteiger partial charge < -0.3 is 9.80 Å². The lowest BCUT2D eigenvalue weighted by Gasteiger charge is -2.35. The normalized spacial score (nSPS) is 14.7. The van der Waals surface area contributed by atoms with Crippen molar-refractivity contribution in [1.82, 2.24) is 14.9 Å². The fourth-order valence-corrected chi connectivity index (χ4v) is 5.04. The second kappa shape index (κ2) is 7.68. The molecule has 1 saturated heterocycles. The Hall–Kier alpha value is -2.18. The summed E-state index contributed by atoms with van der Waals surface area (Å²) < 4.78 is 0. The maximum absolute atomic E-state index is 11.7. The zero-order valence-electron chi connectivity index (χ0n) is 16.3. The molecule has 0 saturated carbocycles. The minimum absolute atomic E-state index is 0.119. The number of benzene rings is 1. The second-order valence-electron chi connectivity index (χ2n) is 7.07. The number of carbonyl (C=O) groups excluding carboxylic acids is 1. The number of halogens is 1. The van der Waals surface area contributed by atoms with E-state index in [1.165, 1.54) is 21.6 Å². The van der Waals surface area contributed by atoms with E-state index in [1.807, 2.05) is 4.90 Å². The molecule has 3 aromatic rings. The molecule has 0 unspecified atom stereocenters. The maximum atomic E-state index is 11.7. The highest BCUT2D eigenvalue weighted by molar-refractivity contribution is 7.19. The molecule has 1 amide bonds. The number of rotatable bonds is 3. The van der Waals surface area contributed by atoms with Gasteiger partial charge in [-0.25, -0.2) is 4.98 Å². The largest absolute Gasteiger partial charge is 0.352 e. The van der Waals surface area contributed by atoms with Gasteiger partial charge in [0.2, 0.25) is 11.2 Å². The number of fused-ring (bicyclic) bond motifs is 1. The van der Waals surface area contributed by atoms with Gasteiger partial charge in [0.1, 0.15) is 10.6 Å². The van der Waals surface area contributed by atoms with E-state index in [4.69, 9.17) is 11.6 Å². The molecule has 5 nitrogen and oxygen atoms in total. The number of hydrogen-bond donors (Lipinski definition) is 0. The molecule has 1 aromatic carbocycles. The zero-order chi connectivity index (χ0) is 19.8. The third-order valence-electron chi connectivity index (χ3n) is 5.36. The van der Waals surface area contributed by atoms with Gasteiger partial charge in [-0.3, -0.25) is 4.79 Å². The Labute approximate surface area is 174 Å². The SMILES string of the molecule is CCc1ccc(-c2c(C)sc3nc(Cl)nc(N4CCN(C(C)=O)CC4)c23)cc1. The van der Waals surface area contributed by atoms with Crippen LogP contribution in [-0.4, -0.2) is 47.0 Å². The number of carbonyl (C=O) groups is 1. The molecule has 0 aliphatic carbocycles. The first kappa shape index (κ1) is 19.2. The van der Waals surface area contributed by atoms with Crippen molar-refractivity contribution in [3.05, 3.63) is 40.0 Å². The van der Waals surface area contributed by atoms with Crippen LogP contribution in [0.2, 0.25) is 5.28 Å². The number of amides is 1. The van der Waals surface area contributed by atoms with Crippen LogP contribution in [0, 0.1) is 6.92 Å². The minimum Gasteiger partial charge on any atom is -0.352 e. The first-order chi connectivity index (χ1) is 13.5. The van der Waals surface area contributed by atoms with E-state index in [1.54, 1.807) is 18.3 Å². The molecule has 0 radical (unpaired) electrons. The van der Waals surface area contributed by atoms with Crippen LogP contribution in [0.3, 0.4) is 0 Å². The molecule has 1 fully saturated rings. The topological polar surface area (TPSA) is 49.3 Å². The maximum Gasteiger partial charge on any atom is 0.225 e. The van der Waals surface area contributed by atoms with Gasteiger partial charge in [0.05, 0.1) is 5.39 Å². The van der Waals surface area contributed by atoms with Crippen LogP contribution >= 0.6 is 22.9 Å². The van der Waals surface area contributed by atoms with Gasteiger partial charge in [-0.2, -0.15) is 4.98 Å². The van der Waals surface area contributed by atoms with Crippen molar-refractivity contribution in [3.63, 3.8) is 0 Å². The molecule has 1 aliphatic rings. The average molecular weight is 415 g/mol. The highest BCUT2D eigenvalue weighted by atomic mass is 35.5. The predicted octanol–water partition coefficient (Wildman–Crippen LogP) is 4.55. The number of hydrogen-bond acceptors (Lipinski definition) is 5. The van der Waals surface area contributed by atoms with Crippen LogP contribution in [0.5, 0.6) is 0 Å². The molecule has 2 aromatic heterocycles. The summed E-state index contributed by atoms with van der Waals surface area (Å²) in [6.07, 6.45) is 1.02. The summed E-state index contributed by atoms with van der Waals surface area (Å²) in [7, 11) is 0. The van der Waals surface area contributed by atoms with Crippen molar-refractivity contribution < 1.29 is 4.79 Å². The Bertz CT molecular complexity index is 1020. The predicted molar refractivity (Wildman–Crippen MR) is 116 cm³/mol. The average Bonchev–Trinajstić information content (AvgIpc) is 3.03. The summed E-state index contributed by atoms with van der Waals surface area (Å²) >= 11 is 7.92. The van der Waals surface area contributed by atoms with Crippen molar-refractivity contribution in [2.75, 3.05) is 31.1 Å². The van der Waals surface area contributed by atoms with Crippen LogP contribution in [0.1, 0.15) is 24.3 Å². The van der Waals surface area contributed by atoms with Gasteiger partial charge in [0, 0.05) is 43.5 Å². The van der Waals surface area contributed by atoms with Gasteiger partial charge >= 0.3 is 0 Å². The van der Waals surface area contributed by atoms with E-state index in [2.05, 4.69) is 53.0 Å². The molecule has 7 heteroatoms. The Kier molecular flexibility index (Phi) is 5.25.